The molecule has 2 aromatic carbocycles. The lowest BCUT2D eigenvalue weighted by atomic mass is 10.2. The zero-order chi connectivity index (χ0) is 23.1. The number of amides is 1. The highest BCUT2D eigenvalue weighted by Gasteiger charge is 2.21. The predicted molar refractivity (Wildman–Crippen MR) is 130 cm³/mol. The van der Waals surface area contributed by atoms with Crippen LogP contribution < -0.4 is 14.8 Å². The van der Waals surface area contributed by atoms with Crippen molar-refractivity contribution in [2.75, 3.05) is 18.2 Å². The number of rotatable bonds is 10. The van der Waals surface area contributed by atoms with Gasteiger partial charge >= 0.3 is 0 Å². The third-order valence-corrected chi connectivity index (χ3v) is 6.42. The molecule has 3 rings (SSSR count). The molecule has 0 aliphatic heterocycles. The van der Waals surface area contributed by atoms with Gasteiger partial charge in [-0.25, -0.2) is 0 Å². The highest BCUT2D eigenvalue weighted by atomic mass is 79.9. The summed E-state index contributed by atoms with van der Waals surface area (Å²) in [4.78, 5) is 12.4. The Morgan fingerprint density at radius 1 is 1.28 bits per heavy atom. The number of carbonyl (C=O) groups excluding carboxylic acids is 1. The number of halogens is 1. The Morgan fingerprint density at radius 3 is 2.72 bits per heavy atom. The van der Waals surface area contributed by atoms with Gasteiger partial charge in [0.15, 0.2) is 28.6 Å². The van der Waals surface area contributed by atoms with Crippen LogP contribution in [0.3, 0.4) is 0 Å². The topological polar surface area (TPSA) is 78.3 Å². The molecule has 1 unspecified atom stereocenters. The van der Waals surface area contributed by atoms with Crippen molar-refractivity contribution in [1.29, 1.82) is 0 Å². The van der Waals surface area contributed by atoms with Crippen LogP contribution in [0.2, 0.25) is 0 Å². The van der Waals surface area contributed by atoms with E-state index in [1.807, 2.05) is 60.9 Å². The molecule has 1 heterocycles. The number of para-hydroxylation sites is 2. The van der Waals surface area contributed by atoms with Crippen LogP contribution in [0.5, 0.6) is 11.5 Å². The molecule has 7 nitrogen and oxygen atoms in total. The fourth-order valence-corrected chi connectivity index (χ4v) is 4.02. The normalized spacial score (nSPS) is 11.6. The summed E-state index contributed by atoms with van der Waals surface area (Å²) >= 11 is 4.78. The Bertz CT molecular complexity index is 1100. The van der Waals surface area contributed by atoms with Crippen molar-refractivity contribution in [2.45, 2.75) is 31.7 Å². The highest BCUT2D eigenvalue weighted by molar-refractivity contribution is 9.10. The Kier molecular flexibility index (Phi) is 8.35. The van der Waals surface area contributed by atoms with Crippen molar-refractivity contribution in [3.63, 3.8) is 0 Å². The number of aryl methyl sites for hydroxylation is 1. The number of aromatic nitrogens is 3. The van der Waals surface area contributed by atoms with E-state index in [4.69, 9.17) is 9.47 Å². The van der Waals surface area contributed by atoms with Gasteiger partial charge in [-0.3, -0.25) is 9.36 Å². The molecule has 1 aromatic heterocycles. The third kappa shape index (κ3) is 5.92. The Balaban J connectivity index is 1.69. The van der Waals surface area contributed by atoms with Crippen molar-refractivity contribution < 1.29 is 14.3 Å². The maximum absolute atomic E-state index is 12.4. The van der Waals surface area contributed by atoms with Crippen LogP contribution >= 0.6 is 27.7 Å². The number of hydrogen-bond acceptors (Lipinski definition) is 6. The number of anilines is 1. The van der Waals surface area contributed by atoms with Gasteiger partial charge < -0.3 is 14.8 Å². The summed E-state index contributed by atoms with van der Waals surface area (Å²) in [6.07, 6.45) is 1.38. The van der Waals surface area contributed by atoms with E-state index < -0.39 is 0 Å². The molecule has 32 heavy (non-hydrogen) atoms. The van der Waals surface area contributed by atoms with Gasteiger partial charge in [-0.1, -0.05) is 45.9 Å². The van der Waals surface area contributed by atoms with E-state index in [1.54, 1.807) is 13.2 Å². The second-order valence-corrected chi connectivity index (χ2v) is 8.75. The molecule has 1 amide bonds. The Labute approximate surface area is 200 Å². The largest absolute Gasteiger partial charge is 0.493 e. The van der Waals surface area contributed by atoms with Gasteiger partial charge in [0.1, 0.15) is 0 Å². The molecule has 0 saturated carbocycles. The van der Waals surface area contributed by atoms with E-state index in [9.17, 15) is 4.79 Å². The van der Waals surface area contributed by atoms with Crippen LogP contribution in [-0.2, 0) is 11.3 Å². The maximum Gasteiger partial charge on any atom is 0.234 e. The van der Waals surface area contributed by atoms with Gasteiger partial charge in [-0.05, 0) is 49.7 Å². The molecule has 0 spiro atoms. The van der Waals surface area contributed by atoms with Crippen LogP contribution in [0, 0.1) is 6.92 Å². The van der Waals surface area contributed by atoms with Gasteiger partial charge in [0.05, 0.1) is 12.9 Å². The van der Waals surface area contributed by atoms with E-state index in [1.165, 1.54) is 11.8 Å². The van der Waals surface area contributed by atoms with Crippen molar-refractivity contribution in [3.8, 4) is 11.5 Å². The summed E-state index contributed by atoms with van der Waals surface area (Å²) in [5, 5.41) is 12.1. The van der Waals surface area contributed by atoms with Crippen LogP contribution in [0.15, 0.2) is 64.7 Å². The molecule has 0 saturated heterocycles. The quantitative estimate of drug-likeness (QED) is 0.286. The number of benzene rings is 2. The zero-order valence-electron chi connectivity index (χ0n) is 18.2. The van der Waals surface area contributed by atoms with Crippen LogP contribution in [0.25, 0.3) is 0 Å². The number of nitrogens with one attached hydrogen (secondary N) is 1. The van der Waals surface area contributed by atoms with Gasteiger partial charge in [0.2, 0.25) is 5.91 Å². The van der Waals surface area contributed by atoms with Gasteiger partial charge in [-0.2, -0.15) is 0 Å². The van der Waals surface area contributed by atoms with E-state index in [-0.39, 0.29) is 17.8 Å². The first-order valence-electron chi connectivity index (χ1n) is 9.95. The van der Waals surface area contributed by atoms with E-state index in [2.05, 4.69) is 38.0 Å². The number of allylic oxidation sites excluding steroid dienone is 1. The minimum absolute atomic E-state index is 0.121. The fourth-order valence-electron chi connectivity index (χ4n) is 3.02. The van der Waals surface area contributed by atoms with Crippen molar-refractivity contribution in [1.82, 2.24) is 14.8 Å². The number of carbonyl (C=O) groups is 1. The lowest BCUT2D eigenvalue weighted by Crippen LogP contribution is -2.15. The number of thioether (sulfide) groups is 1. The monoisotopic (exact) mass is 516 g/mol. The first kappa shape index (κ1) is 23.9. The van der Waals surface area contributed by atoms with Crippen LogP contribution in [-0.4, -0.2) is 33.5 Å². The fraction of sp³-hybridized carbons (Fsp3) is 0.261. The predicted octanol–water partition coefficient (Wildman–Crippen LogP) is 5.41. The summed E-state index contributed by atoms with van der Waals surface area (Å²) < 4.78 is 14.3. The van der Waals surface area contributed by atoms with Crippen LogP contribution in [0.1, 0.15) is 24.4 Å². The van der Waals surface area contributed by atoms with Gasteiger partial charge in [0.25, 0.3) is 0 Å². The molecule has 168 valence electrons. The number of hydrogen-bond donors (Lipinski definition) is 1. The molecule has 0 fully saturated rings. The second-order valence-electron chi connectivity index (χ2n) is 6.95. The third-order valence-electron chi connectivity index (χ3n) is 4.57. The molecule has 9 heteroatoms. The number of ether oxygens (including phenoxy) is 2. The molecule has 0 aliphatic rings. The molecular weight excluding hydrogens is 492 g/mol. The van der Waals surface area contributed by atoms with Crippen LogP contribution in [0.4, 0.5) is 5.69 Å². The molecular formula is C23H25BrN4O3S. The molecule has 0 bridgehead atoms. The van der Waals surface area contributed by atoms with E-state index >= 15 is 0 Å². The second kappa shape index (κ2) is 11.2. The zero-order valence-corrected chi connectivity index (χ0v) is 20.6. The van der Waals surface area contributed by atoms with Gasteiger partial charge in [0, 0.05) is 16.7 Å². The molecule has 0 aliphatic carbocycles. The molecule has 1 N–H and O–H groups in total. The minimum atomic E-state index is -0.382. The highest BCUT2D eigenvalue weighted by Crippen LogP contribution is 2.31. The maximum atomic E-state index is 12.4. The first-order chi connectivity index (χ1) is 15.4. The van der Waals surface area contributed by atoms with Crippen molar-refractivity contribution in [3.05, 3.63) is 71.0 Å². The van der Waals surface area contributed by atoms with E-state index in [0.29, 0.717) is 29.0 Å². The average molecular weight is 517 g/mol. The lowest BCUT2D eigenvalue weighted by molar-refractivity contribution is -0.113. The standard InChI is InChI=1S/C23H25BrN4O3S/c1-5-12-28-22(16(3)31-20-9-7-6-8-19(20)30-4)26-27-23(28)32-14-21(29)25-17-10-11-18(24)15(2)13-17/h5-11,13,16H,1,12,14H2,2-4H3,(H,25,29). The van der Waals surface area contributed by atoms with Crippen molar-refractivity contribution in [2.24, 2.45) is 0 Å². The average Bonchev–Trinajstić information content (AvgIpc) is 3.18. The summed E-state index contributed by atoms with van der Waals surface area (Å²) in [6.45, 7) is 8.19. The number of nitrogens with zero attached hydrogens (tertiary/aromatic N) is 3. The Hall–Kier alpha value is -2.78. The molecule has 1 atom stereocenters. The smallest absolute Gasteiger partial charge is 0.234 e. The summed E-state index contributed by atoms with van der Waals surface area (Å²) in [5.74, 6) is 1.98. The summed E-state index contributed by atoms with van der Waals surface area (Å²) in [6, 6.07) is 13.1. The number of methoxy groups -OCH3 is 1. The molecule has 0 radical (unpaired) electrons. The van der Waals surface area contributed by atoms with Crippen molar-refractivity contribution >= 4 is 39.3 Å². The summed E-state index contributed by atoms with van der Waals surface area (Å²) in [7, 11) is 1.60. The van der Waals surface area contributed by atoms with E-state index in [0.717, 1.165) is 15.7 Å². The first-order valence-corrected chi connectivity index (χ1v) is 11.7. The Morgan fingerprint density at radius 2 is 2.03 bits per heavy atom. The van der Waals surface area contributed by atoms with Gasteiger partial charge in [-0.15, -0.1) is 16.8 Å². The minimum Gasteiger partial charge on any atom is -0.493 e. The molecule has 3 aromatic rings. The summed E-state index contributed by atoms with van der Waals surface area (Å²) in [5.41, 5.74) is 1.80. The lowest BCUT2D eigenvalue weighted by Gasteiger charge is -2.17. The SMILES string of the molecule is C=CCn1c(SCC(=O)Nc2ccc(Br)c(C)c2)nnc1C(C)Oc1ccccc1OC.